The Balaban J connectivity index is 1.32. The van der Waals surface area contributed by atoms with Gasteiger partial charge in [-0.1, -0.05) is 11.6 Å². The van der Waals surface area contributed by atoms with Crippen molar-refractivity contribution in [1.29, 1.82) is 0 Å². The Hall–Kier alpha value is -2.31. The standard InChI is InChI=1S/C17H16ClN7O3S/c18-7-1-2-8-9(3-7)24-17(23-8)29-4-10-12(26)13(27)16(28-10)25-6-22-11-14(19)20-5-21-15(11)25/h1-3,5-6,10,12-13,16-17,26-27H,4H2,(H2,19,20,21)/t10-,12-,13-,16-,17?/m1/s1. The minimum Gasteiger partial charge on any atom is -0.387 e. The van der Waals surface area contributed by atoms with Crippen LogP contribution in [0.1, 0.15) is 6.23 Å². The molecule has 5 rings (SSSR count). The lowest BCUT2D eigenvalue weighted by atomic mass is 10.1. The smallest absolute Gasteiger partial charge is 0.188 e. The molecule has 0 amide bonds. The van der Waals surface area contributed by atoms with Crippen molar-refractivity contribution in [3.8, 4) is 0 Å². The first kappa shape index (κ1) is 18.7. The molecule has 2 aromatic heterocycles. The van der Waals surface area contributed by atoms with Crippen LogP contribution in [0.5, 0.6) is 0 Å². The summed E-state index contributed by atoms with van der Waals surface area (Å²) in [6.45, 7) is 0. The Labute approximate surface area is 173 Å². The normalized spacial score (nSPS) is 28.3. The van der Waals surface area contributed by atoms with Crippen LogP contribution in [0.3, 0.4) is 0 Å². The lowest BCUT2D eigenvalue weighted by Crippen LogP contribution is -2.32. The fourth-order valence-corrected chi connectivity index (χ4v) is 4.56. The van der Waals surface area contributed by atoms with Crippen LogP contribution in [0.15, 0.2) is 40.8 Å². The Morgan fingerprint density at radius 3 is 2.83 bits per heavy atom. The molecule has 150 valence electrons. The molecule has 0 saturated carbocycles. The highest BCUT2D eigenvalue weighted by atomic mass is 35.5. The number of thioether (sulfide) groups is 1. The van der Waals surface area contributed by atoms with Crippen molar-refractivity contribution in [2.45, 2.75) is 30.0 Å². The monoisotopic (exact) mass is 433 g/mol. The second-order valence-electron chi connectivity index (χ2n) is 6.68. The number of nitrogen functional groups attached to an aromatic ring is 1. The largest absolute Gasteiger partial charge is 0.387 e. The number of aromatic nitrogens is 4. The van der Waals surface area contributed by atoms with E-state index in [0.717, 1.165) is 10.7 Å². The van der Waals surface area contributed by atoms with Crippen LogP contribution in [0, 0.1) is 0 Å². The van der Waals surface area contributed by atoms with Gasteiger partial charge in [0.15, 0.2) is 23.2 Å². The number of rotatable bonds is 4. The molecule has 0 bridgehead atoms. The molecule has 12 heteroatoms. The van der Waals surface area contributed by atoms with Crippen LogP contribution in [0.4, 0.5) is 5.82 Å². The molecule has 4 heterocycles. The zero-order valence-corrected chi connectivity index (χ0v) is 16.4. The van der Waals surface area contributed by atoms with E-state index in [9.17, 15) is 10.2 Å². The maximum absolute atomic E-state index is 10.5. The maximum atomic E-state index is 10.5. The predicted octanol–water partition coefficient (Wildman–Crippen LogP) is -0.349. The number of hydrogen-bond acceptors (Lipinski definition) is 10. The lowest BCUT2D eigenvalue weighted by Gasteiger charge is -2.16. The first-order valence-corrected chi connectivity index (χ1v) is 10.2. The van der Waals surface area contributed by atoms with E-state index in [1.54, 1.807) is 16.7 Å². The summed E-state index contributed by atoms with van der Waals surface area (Å²) in [6, 6.07) is 5.35. The van der Waals surface area contributed by atoms with Gasteiger partial charge in [0.1, 0.15) is 24.1 Å². The molecule has 1 aromatic carbocycles. The van der Waals surface area contributed by atoms with E-state index in [0.29, 0.717) is 21.9 Å². The maximum Gasteiger partial charge on any atom is 0.188 e. The topological polar surface area (TPSA) is 144 Å². The molecule has 1 unspecified atom stereocenters. The van der Waals surface area contributed by atoms with Gasteiger partial charge < -0.3 is 20.7 Å². The fraction of sp³-hybridized carbons (Fsp3) is 0.353. The highest BCUT2D eigenvalue weighted by molar-refractivity contribution is 7.99. The second kappa shape index (κ2) is 7.18. The van der Waals surface area contributed by atoms with Gasteiger partial charge in [0.2, 0.25) is 0 Å². The van der Waals surface area contributed by atoms with Gasteiger partial charge in [0.05, 0.1) is 23.1 Å². The summed E-state index contributed by atoms with van der Waals surface area (Å²) < 4.78 is 7.48. The van der Waals surface area contributed by atoms with Gasteiger partial charge in [-0.15, -0.1) is 11.8 Å². The number of halogens is 1. The first-order chi connectivity index (χ1) is 14.0. The number of aliphatic hydroxyl groups excluding tert-OH is 2. The van der Waals surface area contributed by atoms with Gasteiger partial charge in [-0.3, -0.25) is 4.57 Å². The molecule has 1 saturated heterocycles. The molecule has 2 aliphatic rings. The van der Waals surface area contributed by atoms with E-state index >= 15 is 0 Å². The molecule has 0 aliphatic carbocycles. The lowest BCUT2D eigenvalue weighted by molar-refractivity contribution is -0.0289. The molecule has 5 atom stereocenters. The van der Waals surface area contributed by atoms with Crippen molar-refractivity contribution < 1.29 is 14.9 Å². The van der Waals surface area contributed by atoms with E-state index < -0.39 is 24.5 Å². The van der Waals surface area contributed by atoms with E-state index in [2.05, 4.69) is 24.9 Å². The van der Waals surface area contributed by atoms with Crippen molar-refractivity contribution in [2.24, 2.45) is 9.98 Å². The summed E-state index contributed by atoms with van der Waals surface area (Å²) >= 11 is 7.40. The quantitative estimate of drug-likeness (QED) is 0.506. The number of aliphatic hydroxyl groups is 2. The molecule has 0 spiro atoms. The average Bonchev–Trinajstić information content (AvgIpc) is 3.38. The van der Waals surface area contributed by atoms with Crippen molar-refractivity contribution in [3.05, 3.63) is 46.6 Å². The summed E-state index contributed by atoms with van der Waals surface area (Å²) in [6.07, 6.45) is -0.912. The number of fused-ring (bicyclic) bond motifs is 2. The van der Waals surface area contributed by atoms with Crippen LogP contribution in [0.25, 0.3) is 11.2 Å². The molecular weight excluding hydrogens is 418 g/mol. The molecule has 3 aromatic rings. The Morgan fingerprint density at radius 2 is 1.97 bits per heavy atom. The number of anilines is 1. The number of hydrogen-bond donors (Lipinski definition) is 3. The zero-order valence-electron chi connectivity index (χ0n) is 14.8. The van der Waals surface area contributed by atoms with E-state index in [4.69, 9.17) is 22.1 Å². The van der Waals surface area contributed by atoms with Crippen LogP contribution < -0.4 is 16.4 Å². The predicted molar refractivity (Wildman–Crippen MR) is 106 cm³/mol. The van der Waals surface area contributed by atoms with Gasteiger partial charge in [0, 0.05) is 10.8 Å². The molecule has 4 N–H and O–H groups in total. The summed E-state index contributed by atoms with van der Waals surface area (Å²) in [5.74, 6) is 0.621. The summed E-state index contributed by atoms with van der Waals surface area (Å²) in [5.41, 5.74) is 6.30. The van der Waals surface area contributed by atoms with Gasteiger partial charge in [-0.25, -0.2) is 24.9 Å². The van der Waals surface area contributed by atoms with Crippen molar-refractivity contribution in [3.63, 3.8) is 0 Å². The van der Waals surface area contributed by atoms with Crippen LogP contribution in [0.2, 0.25) is 5.02 Å². The number of benzene rings is 1. The van der Waals surface area contributed by atoms with E-state index in [-0.39, 0.29) is 11.3 Å². The summed E-state index contributed by atoms with van der Waals surface area (Å²) in [5, 5.41) is 23.1. The van der Waals surface area contributed by atoms with E-state index in [1.807, 2.05) is 6.07 Å². The number of nitrogens with zero attached hydrogens (tertiary/aromatic N) is 6. The van der Waals surface area contributed by atoms with Crippen molar-refractivity contribution in [1.82, 2.24) is 19.5 Å². The zero-order chi connectivity index (χ0) is 20.1. The highest BCUT2D eigenvalue weighted by Gasteiger charge is 2.44. The Kier molecular flexibility index (Phi) is 4.63. The first-order valence-electron chi connectivity index (χ1n) is 8.79. The third-order valence-electron chi connectivity index (χ3n) is 4.84. The average molecular weight is 434 g/mol. The SMILES string of the molecule is Nc1ncnc2c1ncn2[C@@H]1O[C@H](CSC2N=c3ccc(Cl)cc3=N2)[C@@H](O)[C@H]1O. The second-order valence-corrected chi connectivity index (χ2v) is 8.20. The van der Waals surface area contributed by atoms with Gasteiger partial charge in [0.25, 0.3) is 0 Å². The van der Waals surface area contributed by atoms with E-state index in [1.165, 1.54) is 24.4 Å². The molecule has 0 radical (unpaired) electrons. The highest BCUT2D eigenvalue weighted by Crippen LogP contribution is 2.34. The Bertz CT molecular complexity index is 1210. The van der Waals surface area contributed by atoms with Crippen LogP contribution >= 0.6 is 23.4 Å². The minimum atomic E-state index is -1.15. The van der Waals surface area contributed by atoms with Crippen LogP contribution in [-0.4, -0.2) is 59.3 Å². The third kappa shape index (κ3) is 3.24. The number of ether oxygens (including phenoxy) is 1. The summed E-state index contributed by atoms with van der Waals surface area (Å²) in [4.78, 5) is 21.3. The van der Waals surface area contributed by atoms with Crippen molar-refractivity contribution in [2.75, 3.05) is 11.5 Å². The molecule has 1 fully saturated rings. The van der Waals surface area contributed by atoms with Crippen molar-refractivity contribution >= 4 is 40.3 Å². The summed E-state index contributed by atoms with van der Waals surface area (Å²) in [7, 11) is 0. The molecule has 10 nitrogen and oxygen atoms in total. The molecular formula is C17H16ClN7O3S. The van der Waals surface area contributed by atoms with Gasteiger partial charge in [-0.2, -0.15) is 0 Å². The molecule has 2 aliphatic heterocycles. The third-order valence-corrected chi connectivity index (χ3v) is 6.11. The van der Waals surface area contributed by atoms with Gasteiger partial charge in [-0.05, 0) is 18.2 Å². The number of nitrogens with two attached hydrogens (primary N) is 1. The minimum absolute atomic E-state index is 0.234. The van der Waals surface area contributed by atoms with Gasteiger partial charge >= 0.3 is 0 Å². The van der Waals surface area contributed by atoms with Crippen LogP contribution in [-0.2, 0) is 4.74 Å². The Morgan fingerprint density at radius 1 is 1.14 bits per heavy atom. The number of imidazole rings is 1. The molecule has 29 heavy (non-hydrogen) atoms. The fourth-order valence-electron chi connectivity index (χ4n) is 3.38.